The van der Waals surface area contributed by atoms with Crippen LogP contribution in [-0.2, 0) is 5.54 Å². The molecule has 0 saturated carbocycles. The first-order chi connectivity index (χ1) is 16.6. The van der Waals surface area contributed by atoms with Crippen LogP contribution in [0.3, 0.4) is 0 Å². The van der Waals surface area contributed by atoms with E-state index in [4.69, 9.17) is 20.2 Å². The molecular formula is C25H25N7O2. The second-order valence-corrected chi connectivity index (χ2v) is 8.62. The van der Waals surface area contributed by atoms with E-state index in [2.05, 4.69) is 24.8 Å². The van der Waals surface area contributed by atoms with Crippen LogP contribution in [0, 0.1) is 0 Å². The maximum atomic E-state index is 6.86. The molecule has 3 aromatic heterocycles. The summed E-state index contributed by atoms with van der Waals surface area (Å²) in [7, 11) is 1.64. The molecule has 0 aliphatic carbocycles. The number of rotatable bonds is 5. The molecule has 6 rings (SSSR count). The van der Waals surface area contributed by atoms with Crippen molar-refractivity contribution in [1.82, 2.24) is 24.9 Å². The lowest BCUT2D eigenvalue weighted by atomic mass is 9.88. The Hall–Kier alpha value is -4.11. The number of anilines is 1. The highest BCUT2D eigenvalue weighted by Crippen LogP contribution is 2.34. The molecule has 2 aromatic carbocycles. The van der Waals surface area contributed by atoms with Crippen molar-refractivity contribution in [3.05, 3.63) is 66.9 Å². The van der Waals surface area contributed by atoms with Gasteiger partial charge in [-0.1, -0.05) is 0 Å². The second kappa shape index (κ2) is 8.03. The third kappa shape index (κ3) is 3.60. The van der Waals surface area contributed by atoms with E-state index in [1.165, 1.54) is 0 Å². The van der Waals surface area contributed by atoms with Gasteiger partial charge in [0.1, 0.15) is 40.9 Å². The number of ether oxygens (including phenoxy) is 2. The molecule has 9 heteroatoms. The summed E-state index contributed by atoms with van der Waals surface area (Å²) in [6, 6.07) is 15.3. The molecule has 0 amide bonds. The van der Waals surface area contributed by atoms with Gasteiger partial charge < -0.3 is 30.1 Å². The molecule has 0 atom stereocenters. The lowest BCUT2D eigenvalue weighted by molar-refractivity contribution is 0.327. The summed E-state index contributed by atoms with van der Waals surface area (Å²) in [6.07, 6.45) is 5.01. The zero-order valence-corrected chi connectivity index (χ0v) is 18.8. The highest BCUT2D eigenvalue weighted by Gasteiger charge is 2.36. The summed E-state index contributed by atoms with van der Waals surface area (Å²) in [6.45, 7) is 1.58. The van der Waals surface area contributed by atoms with Gasteiger partial charge in [-0.05, 0) is 55.3 Å². The molecule has 1 fully saturated rings. The van der Waals surface area contributed by atoms with E-state index in [0.717, 1.165) is 76.9 Å². The summed E-state index contributed by atoms with van der Waals surface area (Å²) >= 11 is 0. The monoisotopic (exact) mass is 455 g/mol. The minimum atomic E-state index is -0.531. The first-order valence-corrected chi connectivity index (χ1v) is 11.3. The van der Waals surface area contributed by atoms with Crippen LogP contribution in [-0.4, -0.2) is 45.1 Å². The summed E-state index contributed by atoms with van der Waals surface area (Å²) in [5, 5.41) is 1.03. The van der Waals surface area contributed by atoms with Crippen molar-refractivity contribution in [2.45, 2.75) is 18.4 Å². The van der Waals surface area contributed by atoms with Gasteiger partial charge in [0, 0.05) is 25.4 Å². The number of benzene rings is 2. The normalized spacial score (nSPS) is 15.6. The molecule has 0 radical (unpaired) electrons. The number of piperidine rings is 1. The summed E-state index contributed by atoms with van der Waals surface area (Å²) in [5.41, 5.74) is 8.95. The Balaban J connectivity index is 1.20. The maximum absolute atomic E-state index is 6.86. The Bertz CT molecular complexity index is 1450. The molecule has 0 unspecified atom stereocenters. The average molecular weight is 456 g/mol. The molecule has 1 saturated heterocycles. The van der Waals surface area contributed by atoms with Crippen molar-refractivity contribution in [2.24, 2.45) is 5.73 Å². The quantitative estimate of drug-likeness (QED) is 0.365. The van der Waals surface area contributed by atoms with Gasteiger partial charge in [-0.15, -0.1) is 0 Å². The largest absolute Gasteiger partial charge is 0.497 e. The van der Waals surface area contributed by atoms with Crippen molar-refractivity contribution in [1.29, 1.82) is 0 Å². The van der Waals surface area contributed by atoms with Crippen molar-refractivity contribution in [3.8, 4) is 17.2 Å². The van der Waals surface area contributed by atoms with E-state index < -0.39 is 5.54 Å². The number of methoxy groups -OCH3 is 1. The van der Waals surface area contributed by atoms with Crippen LogP contribution in [0.25, 0.3) is 22.1 Å². The van der Waals surface area contributed by atoms with E-state index >= 15 is 0 Å². The van der Waals surface area contributed by atoms with Gasteiger partial charge in [-0.3, -0.25) is 0 Å². The molecule has 4 heterocycles. The summed E-state index contributed by atoms with van der Waals surface area (Å²) in [5.74, 6) is 3.99. The van der Waals surface area contributed by atoms with Gasteiger partial charge in [-0.2, -0.15) is 0 Å². The molecule has 172 valence electrons. The number of hydrogen-bond acceptors (Lipinski definition) is 7. The highest BCUT2D eigenvalue weighted by atomic mass is 16.5. The second-order valence-electron chi connectivity index (χ2n) is 8.62. The first-order valence-electron chi connectivity index (χ1n) is 11.3. The van der Waals surface area contributed by atoms with E-state index in [1.807, 2.05) is 54.7 Å². The van der Waals surface area contributed by atoms with Crippen molar-refractivity contribution in [2.75, 3.05) is 25.1 Å². The maximum Gasteiger partial charge on any atom is 0.142 e. The van der Waals surface area contributed by atoms with Gasteiger partial charge in [0.25, 0.3) is 0 Å². The number of nitrogens with zero attached hydrogens (tertiary/aromatic N) is 4. The van der Waals surface area contributed by atoms with Crippen LogP contribution in [0.1, 0.15) is 18.7 Å². The van der Waals surface area contributed by atoms with Gasteiger partial charge in [0.2, 0.25) is 0 Å². The molecule has 0 spiro atoms. The Morgan fingerprint density at radius 1 is 0.971 bits per heavy atom. The lowest BCUT2D eigenvalue weighted by Gasteiger charge is -2.38. The number of hydrogen-bond donors (Lipinski definition) is 3. The predicted octanol–water partition coefficient (Wildman–Crippen LogP) is 4.09. The minimum Gasteiger partial charge on any atom is -0.497 e. The molecule has 4 N–H and O–H groups in total. The Morgan fingerprint density at radius 2 is 1.74 bits per heavy atom. The van der Waals surface area contributed by atoms with E-state index in [1.54, 1.807) is 13.4 Å². The molecule has 34 heavy (non-hydrogen) atoms. The van der Waals surface area contributed by atoms with Gasteiger partial charge >= 0.3 is 0 Å². The van der Waals surface area contributed by atoms with Crippen LogP contribution in [0.15, 0.2) is 61.1 Å². The number of fused-ring (bicyclic) bond motifs is 2. The topological polar surface area (TPSA) is 118 Å². The number of H-pyrrole nitrogens is 2. The molecule has 9 nitrogen and oxygen atoms in total. The lowest BCUT2D eigenvalue weighted by Crippen LogP contribution is -2.49. The molecule has 1 aliphatic heterocycles. The van der Waals surface area contributed by atoms with Crippen LogP contribution in [0.5, 0.6) is 17.2 Å². The zero-order valence-electron chi connectivity index (χ0n) is 18.8. The zero-order chi connectivity index (χ0) is 23.1. The van der Waals surface area contributed by atoms with E-state index in [0.29, 0.717) is 0 Å². The third-order valence-electron chi connectivity index (χ3n) is 6.51. The molecule has 1 aliphatic rings. The number of aromatic nitrogens is 5. The minimum absolute atomic E-state index is 0.531. The van der Waals surface area contributed by atoms with Crippen LogP contribution in [0.4, 0.5) is 5.82 Å². The predicted molar refractivity (Wildman–Crippen MR) is 130 cm³/mol. The smallest absolute Gasteiger partial charge is 0.142 e. The van der Waals surface area contributed by atoms with Gasteiger partial charge in [0.15, 0.2) is 0 Å². The molecule has 5 aromatic rings. The average Bonchev–Trinajstić information content (AvgIpc) is 3.52. The Kier molecular flexibility index (Phi) is 4.84. The number of nitrogens with two attached hydrogens (primary N) is 1. The first kappa shape index (κ1) is 20.5. The van der Waals surface area contributed by atoms with Crippen molar-refractivity contribution >= 4 is 27.9 Å². The van der Waals surface area contributed by atoms with Gasteiger partial charge in [-0.25, -0.2) is 15.0 Å². The number of nitrogens with one attached hydrogen (secondary N) is 2. The summed E-state index contributed by atoms with van der Waals surface area (Å²) in [4.78, 5) is 22.5. The fourth-order valence-electron chi connectivity index (χ4n) is 4.53. The Morgan fingerprint density at radius 3 is 2.53 bits per heavy atom. The van der Waals surface area contributed by atoms with Crippen molar-refractivity contribution < 1.29 is 9.47 Å². The van der Waals surface area contributed by atoms with Crippen molar-refractivity contribution in [3.63, 3.8) is 0 Å². The van der Waals surface area contributed by atoms with Crippen LogP contribution < -0.4 is 20.1 Å². The number of imidazole rings is 1. The standard InChI is InChI=1S/C25H25N7O2/c1-33-16-2-4-17(5-3-16)34-18-6-7-20-21(14-18)31-24(30-20)25(26)9-12-32(13-10-25)23-19-8-11-27-22(19)28-15-29-23/h2-8,11,14-15H,9-10,12-13,26H2,1H3,(H,30,31)(H,27,28,29). The SMILES string of the molecule is COc1ccc(Oc2ccc3[nH]c(C4(N)CCN(c5ncnc6[nH]ccc56)CC4)nc3c2)cc1. The van der Waals surface area contributed by atoms with E-state index in [9.17, 15) is 0 Å². The van der Waals surface area contributed by atoms with Crippen LogP contribution in [0.2, 0.25) is 0 Å². The fourth-order valence-corrected chi connectivity index (χ4v) is 4.53. The van der Waals surface area contributed by atoms with Gasteiger partial charge in [0.05, 0.1) is 29.1 Å². The fraction of sp³-hybridized carbons (Fsp3) is 0.240. The molecule has 0 bridgehead atoms. The van der Waals surface area contributed by atoms with Crippen LogP contribution >= 0.6 is 0 Å². The summed E-state index contributed by atoms with van der Waals surface area (Å²) < 4.78 is 11.2. The Labute approximate surface area is 195 Å². The van der Waals surface area contributed by atoms with E-state index in [-0.39, 0.29) is 0 Å². The third-order valence-corrected chi connectivity index (χ3v) is 6.51. The molecular weight excluding hydrogens is 430 g/mol. The number of aromatic amines is 2. The highest BCUT2D eigenvalue weighted by molar-refractivity contribution is 5.87.